The Morgan fingerprint density at radius 2 is 1.72 bits per heavy atom. The topological polar surface area (TPSA) is 30.7 Å². The number of alkyl halides is 2. The van der Waals surface area contributed by atoms with Gasteiger partial charge in [-0.15, -0.1) is 0 Å². The summed E-state index contributed by atoms with van der Waals surface area (Å²) < 4.78 is 30.0. The average Bonchev–Trinajstić information content (AvgIpc) is 3.50. The van der Waals surface area contributed by atoms with Crippen LogP contribution in [-0.4, -0.2) is 14.8 Å². The molecule has 1 saturated carbocycles. The van der Waals surface area contributed by atoms with Crippen LogP contribution in [0.5, 0.6) is 0 Å². The first kappa shape index (κ1) is 18.0. The lowest BCUT2D eigenvalue weighted by Gasteiger charge is -2.10. The predicted molar refractivity (Wildman–Crippen MR) is 111 cm³/mol. The van der Waals surface area contributed by atoms with Crippen LogP contribution in [0.3, 0.4) is 0 Å². The number of hydrogen-bond donors (Lipinski definition) is 0. The molecule has 0 saturated heterocycles. The highest BCUT2D eigenvalue weighted by Crippen LogP contribution is 2.45. The fourth-order valence-corrected chi connectivity index (χ4v) is 3.78. The zero-order chi connectivity index (χ0) is 20.1. The number of aromatic nitrogens is 3. The van der Waals surface area contributed by atoms with Crippen molar-refractivity contribution in [3.63, 3.8) is 0 Å². The Kier molecular flexibility index (Phi) is 4.19. The summed E-state index contributed by atoms with van der Waals surface area (Å²) in [6.07, 6.45) is -0.609. The molecule has 1 aliphatic rings. The fraction of sp³-hybridized carbons (Fsp3) is 0.250. The molecule has 1 fully saturated rings. The molecule has 0 unspecified atom stereocenters. The van der Waals surface area contributed by atoms with Crippen LogP contribution in [0, 0.1) is 13.8 Å². The monoisotopic (exact) mass is 389 g/mol. The molecule has 2 aromatic heterocycles. The van der Waals surface area contributed by atoms with Gasteiger partial charge in [0.15, 0.2) is 5.65 Å². The Bertz CT molecular complexity index is 1210. The summed E-state index contributed by atoms with van der Waals surface area (Å²) in [6, 6.07) is 17.1. The van der Waals surface area contributed by atoms with Gasteiger partial charge >= 0.3 is 0 Å². The minimum atomic E-state index is -2.59. The maximum absolute atomic E-state index is 14.1. The van der Waals surface area contributed by atoms with Crippen LogP contribution >= 0.6 is 0 Å². The van der Waals surface area contributed by atoms with Crippen LogP contribution in [0.4, 0.5) is 8.78 Å². The van der Waals surface area contributed by atoms with Gasteiger partial charge in [-0.25, -0.2) is 18.4 Å². The SMILES string of the molecule is Cc1ccc(-c2cc(C(F)F)c3c(C4CC4)nn(-c4ccccc4)c3n2)cc1C. The van der Waals surface area contributed by atoms with Crippen molar-refractivity contribution in [2.45, 2.75) is 39.0 Å². The van der Waals surface area contributed by atoms with Gasteiger partial charge in [0.1, 0.15) is 0 Å². The van der Waals surface area contributed by atoms with Crippen molar-refractivity contribution in [2.24, 2.45) is 0 Å². The summed E-state index contributed by atoms with van der Waals surface area (Å²) in [5, 5.41) is 5.26. The van der Waals surface area contributed by atoms with Crippen molar-refractivity contribution in [2.75, 3.05) is 0 Å². The molecule has 0 bridgehead atoms. The number of aryl methyl sites for hydroxylation is 2. The fourth-order valence-electron chi connectivity index (χ4n) is 3.78. The smallest absolute Gasteiger partial charge is 0.228 e. The second-order valence-corrected chi connectivity index (χ2v) is 7.80. The number of nitrogens with zero attached hydrogens (tertiary/aromatic N) is 3. The summed E-state index contributed by atoms with van der Waals surface area (Å²) in [6.45, 7) is 4.05. The van der Waals surface area contributed by atoms with Gasteiger partial charge in [-0.05, 0) is 62.1 Å². The Morgan fingerprint density at radius 3 is 2.38 bits per heavy atom. The zero-order valence-corrected chi connectivity index (χ0v) is 16.4. The normalized spacial score (nSPS) is 14.1. The first-order valence-electron chi connectivity index (χ1n) is 9.87. The molecular weight excluding hydrogens is 368 g/mol. The van der Waals surface area contributed by atoms with E-state index in [1.807, 2.05) is 62.4 Å². The van der Waals surface area contributed by atoms with E-state index in [1.54, 1.807) is 10.7 Å². The Balaban J connectivity index is 1.82. The second-order valence-electron chi connectivity index (χ2n) is 7.80. The van der Waals surface area contributed by atoms with E-state index in [4.69, 9.17) is 10.1 Å². The van der Waals surface area contributed by atoms with Gasteiger partial charge < -0.3 is 0 Å². The minimum Gasteiger partial charge on any atom is -0.228 e. The highest BCUT2D eigenvalue weighted by molar-refractivity contribution is 5.87. The van der Waals surface area contributed by atoms with Gasteiger partial charge in [-0.2, -0.15) is 5.10 Å². The minimum absolute atomic E-state index is 0.0207. The first-order valence-corrected chi connectivity index (χ1v) is 9.87. The van der Waals surface area contributed by atoms with Crippen molar-refractivity contribution in [3.05, 3.63) is 77.0 Å². The Hall–Kier alpha value is -3.08. The lowest BCUT2D eigenvalue weighted by Crippen LogP contribution is -1.99. The summed E-state index contributed by atoms with van der Waals surface area (Å²) in [5.41, 5.74) is 5.76. The molecule has 0 spiro atoms. The third-order valence-corrected chi connectivity index (χ3v) is 5.70. The average molecular weight is 389 g/mol. The van der Waals surface area contributed by atoms with Crippen LogP contribution < -0.4 is 0 Å². The molecule has 0 N–H and O–H groups in total. The van der Waals surface area contributed by atoms with Crippen LogP contribution in [0.15, 0.2) is 54.6 Å². The van der Waals surface area contributed by atoms with Crippen LogP contribution in [0.1, 0.15) is 47.6 Å². The highest BCUT2D eigenvalue weighted by Gasteiger charge is 2.33. The maximum Gasteiger partial charge on any atom is 0.264 e. The molecular formula is C24H21F2N3. The number of para-hydroxylation sites is 1. The molecule has 3 nitrogen and oxygen atoms in total. The van der Waals surface area contributed by atoms with Gasteiger partial charge in [0, 0.05) is 17.0 Å². The van der Waals surface area contributed by atoms with Crippen molar-refractivity contribution in [3.8, 4) is 16.9 Å². The zero-order valence-electron chi connectivity index (χ0n) is 16.4. The molecule has 0 amide bonds. The molecule has 29 heavy (non-hydrogen) atoms. The molecule has 146 valence electrons. The Morgan fingerprint density at radius 1 is 0.966 bits per heavy atom. The third kappa shape index (κ3) is 3.11. The van der Waals surface area contributed by atoms with E-state index in [9.17, 15) is 8.78 Å². The molecule has 2 heterocycles. The number of rotatable bonds is 4. The van der Waals surface area contributed by atoms with E-state index in [0.717, 1.165) is 40.9 Å². The van der Waals surface area contributed by atoms with E-state index in [1.165, 1.54) is 0 Å². The van der Waals surface area contributed by atoms with Crippen molar-refractivity contribution in [1.29, 1.82) is 0 Å². The molecule has 0 aliphatic heterocycles. The Labute approximate surface area is 168 Å². The standard InChI is InChI=1S/C24H21F2N3/c1-14-8-9-17(12-15(14)2)20-13-19(23(25)26)21-22(16-10-11-16)28-29(24(21)27-20)18-6-4-3-5-7-18/h3-9,12-13,16,23H,10-11H2,1-2H3. The molecule has 5 rings (SSSR count). The molecule has 0 radical (unpaired) electrons. The molecule has 1 aliphatic carbocycles. The number of pyridine rings is 1. The van der Waals surface area contributed by atoms with Gasteiger partial charge in [0.2, 0.25) is 0 Å². The first-order chi connectivity index (χ1) is 14.0. The summed E-state index contributed by atoms with van der Waals surface area (Å²) in [5.74, 6) is 0.245. The van der Waals surface area contributed by atoms with E-state index in [0.29, 0.717) is 16.7 Å². The van der Waals surface area contributed by atoms with E-state index in [2.05, 4.69) is 0 Å². The largest absolute Gasteiger partial charge is 0.264 e. The number of benzene rings is 2. The number of fused-ring (bicyclic) bond motifs is 1. The van der Waals surface area contributed by atoms with Crippen molar-refractivity contribution < 1.29 is 8.78 Å². The lowest BCUT2D eigenvalue weighted by atomic mass is 10.0. The van der Waals surface area contributed by atoms with Gasteiger partial charge in [-0.3, -0.25) is 0 Å². The quantitative estimate of drug-likeness (QED) is 0.398. The maximum atomic E-state index is 14.1. The second kappa shape index (κ2) is 6.76. The number of hydrogen-bond acceptors (Lipinski definition) is 2. The lowest BCUT2D eigenvalue weighted by molar-refractivity contribution is 0.153. The van der Waals surface area contributed by atoms with Crippen LogP contribution in [-0.2, 0) is 0 Å². The van der Waals surface area contributed by atoms with Gasteiger partial charge in [0.25, 0.3) is 6.43 Å². The van der Waals surface area contributed by atoms with E-state index >= 15 is 0 Å². The van der Waals surface area contributed by atoms with Crippen molar-refractivity contribution >= 4 is 11.0 Å². The van der Waals surface area contributed by atoms with Crippen molar-refractivity contribution in [1.82, 2.24) is 14.8 Å². The van der Waals surface area contributed by atoms with E-state index in [-0.39, 0.29) is 11.5 Å². The van der Waals surface area contributed by atoms with Crippen LogP contribution in [0.25, 0.3) is 28.0 Å². The van der Waals surface area contributed by atoms with E-state index < -0.39 is 6.43 Å². The third-order valence-electron chi connectivity index (χ3n) is 5.70. The molecule has 5 heteroatoms. The van der Waals surface area contributed by atoms with Crippen LogP contribution in [0.2, 0.25) is 0 Å². The molecule has 2 aromatic carbocycles. The van der Waals surface area contributed by atoms with Gasteiger partial charge in [-0.1, -0.05) is 30.3 Å². The summed E-state index contributed by atoms with van der Waals surface area (Å²) in [7, 11) is 0. The summed E-state index contributed by atoms with van der Waals surface area (Å²) >= 11 is 0. The van der Waals surface area contributed by atoms with Gasteiger partial charge in [0.05, 0.1) is 22.5 Å². The number of halogens is 2. The molecule has 4 aromatic rings. The highest BCUT2D eigenvalue weighted by atomic mass is 19.3. The predicted octanol–water partition coefficient (Wildman–Crippen LogP) is 6.52. The summed E-state index contributed by atoms with van der Waals surface area (Å²) in [4.78, 5) is 4.83. The molecule has 0 atom stereocenters.